The number of hydrogen-bond donors (Lipinski definition) is 1. The van der Waals surface area contributed by atoms with Crippen molar-refractivity contribution in [2.45, 2.75) is 11.8 Å². The number of rotatable bonds is 7. The van der Waals surface area contributed by atoms with Crippen LogP contribution in [0.5, 0.6) is 0 Å². The number of sulfonamides is 1. The lowest BCUT2D eigenvalue weighted by atomic mass is 10.2. The molecule has 3 rings (SSSR count). The van der Waals surface area contributed by atoms with Crippen molar-refractivity contribution >= 4 is 21.4 Å². The zero-order valence-electron chi connectivity index (χ0n) is 12.4. The van der Waals surface area contributed by atoms with E-state index in [0.29, 0.717) is 0 Å². The van der Waals surface area contributed by atoms with E-state index in [0.717, 1.165) is 10.4 Å². The molecule has 1 atom stereocenters. The first-order valence-corrected chi connectivity index (χ1v) is 9.71. The van der Waals surface area contributed by atoms with Gasteiger partial charge >= 0.3 is 0 Å². The largest absolute Gasteiger partial charge is 0.263 e. The van der Waals surface area contributed by atoms with Crippen molar-refractivity contribution in [1.29, 1.82) is 0 Å². The third kappa shape index (κ3) is 4.28. The first-order valence-electron chi connectivity index (χ1n) is 7.18. The molecule has 0 amide bonds. The van der Waals surface area contributed by atoms with Crippen molar-refractivity contribution < 1.29 is 8.42 Å². The Hall–Kier alpha value is -1.96. The van der Waals surface area contributed by atoms with Gasteiger partial charge < -0.3 is 0 Å². The van der Waals surface area contributed by atoms with Crippen molar-refractivity contribution in [3.8, 4) is 0 Å². The fourth-order valence-corrected chi connectivity index (χ4v) is 4.29. The van der Waals surface area contributed by atoms with Crippen LogP contribution in [-0.2, 0) is 15.8 Å². The van der Waals surface area contributed by atoms with Gasteiger partial charge in [0.1, 0.15) is 0 Å². The third-order valence-electron chi connectivity index (χ3n) is 3.41. The molecule has 1 unspecified atom stereocenters. The molecule has 0 spiro atoms. The molecule has 0 saturated heterocycles. The number of thiophene rings is 1. The van der Waals surface area contributed by atoms with Gasteiger partial charge in [0.05, 0.1) is 11.8 Å². The SMILES string of the molecule is O=S(=O)(Cc1ccccc1)NCC(c1cccs1)n1cccn1. The van der Waals surface area contributed by atoms with Gasteiger partial charge in [0, 0.05) is 23.8 Å². The average Bonchev–Trinajstić information content (AvgIpc) is 3.21. The molecule has 0 bridgehead atoms. The molecule has 0 aliphatic heterocycles. The molecular formula is C16H17N3O2S2. The smallest absolute Gasteiger partial charge is 0.215 e. The molecule has 0 radical (unpaired) electrons. The van der Waals surface area contributed by atoms with Crippen LogP contribution in [0.1, 0.15) is 16.5 Å². The minimum atomic E-state index is -3.40. The quantitative estimate of drug-likeness (QED) is 0.715. The third-order valence-corrected chi connectivity index (χ3v) is 5.71. The number of nitrogens with one attached hydrogen (secondary N) is 1. The minimum absolute atomic E-state index is 0.0237. The number of nitrogens with zero attached hydrogens (tertiary/aromatic N) is 2. The summed E-state index contributed by atoms with van der Waals surface area (Å²) in [4.78, 5) is 1.07. The summed E-state index contributed by atoms with van der Waals surface area (Å²) in [5, 5.41) is 6.22. The maximum atomic E-state index is 12.3. The molecule has 3 aromatic rings. The molecule has 2 heterocycles. The van der Waals surface area contributed by atoms with Crippen LogP contribution in [0, 0.1) is 0 Å². The Balaban J connectivity index is 1.71. The second kappa shape index (κ2) is 7.08. The summed E-state index contributed by atoms with van der Waals surface area (Å²) in [6, 6.07) is 14.8. The van der Waals surface area contributed by atoms with Crippen LogP contribution in [0.4, 0.5) is 0 Å². The standard InChI is InChI=1S/C16H17N3O2S2/c20-23(21,13-14-6-2-1-3-7-14)18-12-15(16-8-4-11-22-16)19-10-5-9-17-19/h1-11,15,18H,12-13H2. The Morgan fingerprint density at radius 2 is 1.96 bits per heavy atom. The van der Waals surface area contributed by atoms with Crippen molar-refractivity contribution in [1.82, 2.24) is 14.5 Å². The predicted octanol–water partition coefficient (Wildman–Crippen LogP) is 2.65. The Bertz CT molecular complexity index is 779. The molecule has 0 aliphatic carbocycles. The van der Waals surface area contributed by atoms with Gasteiger partial charge in [-0.25, -0.2) is 13.1 Å². The summed E-state index contributed by atoms with van der Waals surface area (Å²) >= 11 is 1.59. The van der Waals surface area contributed by atoms with Crippen LogP contribution in [0.25, 0.3) is 0 Å². The highest BCUT2D eigenvalue weighted by atomic mass is 32.2. The van der Waals surface area contributed by atoms with Crippen LogP contribution in [0.2, 0.25) is 0 Å². The van der Waals surface area contributed by atoms with Gasteiger partial charge in [-0.15, -0.1) is 11.3 Å². The topological polar surface area (TPSA) is 64.0 Å². The van der Waals surface area contributed by atoms with Crippen molar-refractivity contribution in [3.63, 3.8) is 0 Å². The first kappa shape index (κ1) is 15.9. The molecule has 1 N–H and O–H groups in total. The molecule has 2 aromatic heterocycles. The number of benzene rings is 1. The van der Waals surface area contributed by atoms with Crippen LogP contribution >= 0.6 is 11.3 Å². The van der Waals surface area contributed by atoms with Gasteiger partial charge in [-0.1, -0.05) is 36.4 Å². The van der Waals surface area contributed by atoms with E-state index in [2.05, 4.69) is 9.82 Å². The molecule has 7 heteroatoms. The lowest BCUT2D eigenvalue weighted by molar-refractivity contribution is 0.511. The van der Waals surface area contributed by atoms with Crippen LogP contribution in [0.15, 0.2) is 66.3 Å². The lowest BCUT2D eigenvalue weighted by Crippen LogP contribution is -2.32. The summed E-state index contributed by atoms with van der Waals surface area (Å²) in [6.45, 7) is 0.275. The van der Waals surface area contributed by atoms with Crippen molar-refractivity contribution in [2.24, 2.45) is 0 Å². The maximum absolute atomic E-state index is 12.3. The van der Waals surface area contributed by atoms with E-state index in [4.69, 9.17) is 0 Å². The second-order valence-electron chi connectivity index (χ2n) is 5.11. The fourth-order valence-electron chi connectivity index (χ4n) is 2.32. The summed E-state index contributed by atoms with van der Waals surface area (Å²) in [5.74, 6) is -0.0237. The molecule has 0 aliphatic rings. The number of hydrogen-bond acceptors (Lipinski definition) is 4. The van der Waals surface area contributed by atoms with Gasteiger partial charge in [0.15, 0.2) is 0 Å². The molecule has 120 valence electrons. The van der Waals surface area contributed by atoms with Gasteiger partial charge in [-0.05, 0) is 23.1 Å². The van der Waals surface area contributed by atoms with E-state index < -0.39 is 10.0 Å². The zero-order valence-corrected chi connectivity index (χ0v) is 14.0. The molecule has 0 fully saturated rings. The Labute approximate surface area is 139 Å². The molecule has 23 heavy (non-hydrogen) atoms. The summed E-state index contributed by atoms with van der Waals surface area (Å²) in [5.41, 5.74) is 0.770. The van der Waals surface area contributed by atoms with Crippen LogP contribution in [-0.4, -0.2) is 24.7 Å². The van der Waals surface area contributed by atoms with Gasteiger partial charge in [-0.2, -0.15) is 5.10 Å². The molecule has 5 nitrogen and oxygen atoms in total. The molecular weight excluding hydrogens is 330 g/mol. The Morgan fingerprint density at radius 1 is 1.13 bits per heavy atom. The minimum Gasteiger partial charge on any atom is -0.263 e. The molecule has 1 aromatic carbocycles. The maximum Gasteiger partial charge on any atom is 0.215 e. The van der Waals surface area contributed by atoms with Crippen molar-refractivity contribution in [2.75, 3.05) is 6.54 Å². The van der Waals surface area contributed by atoms with Crippen molar-refractivity contribution in [3.05, 3.63) is 76.7 Å². The van der Waals surface area contributed by atoms with E-state index in [1.165, 1.54) is 0 Å². The predicted molar refractivity (Wildman–Crippen MR) is 91.8 cm³/mol. The van der Waals surface area contributed by atoms with Gasteiger partial charge in [-0.3, -0.25) is 4.68 Å². The Morgan fingerprint density at radius 3 is 2.61 bits per heavy atom. The highest BCUT2D eigenvalue weighted by Gasteiger charge is 2.19. The highest BCUT2D eigenvalue weighted by Crippen LogP contribution is 2.22. The van der Waals surface area contributed by atoms with E-state index in [1.807, 2.05) is 60.1 Å². The Kier molecular flexibility index (Phi) is 4.90. The highest BCUT2D eigenvalue weighted by molar-refractivity contribution is 7.88. The average molecular weight is 347 g/mol. The molecule has 0 saturated carbocycles. The second-order valence-corrected chi connectivity index (χ2v) is 7.90. The monoisotopic (exact) mass is 347 g/mol. The lowest BCUT2D eigenvalue weighted by Gasteiger charge is -2.17. The normalized spacial score (nSPS) is 13.0. The van der Waals surface area contributed by atoms with Gasteiger partial charge in [0.2, 0.25) is 10.0 Å². The number of aromatic nitrogens is 2. The fraction of sp³-hybridized carbons (Fsp3) is 0.188. The van der Waals surface area contributed by atoms with Crippen LogP contribution in [0.3, 0.4) is 0 Å². The van der Waals surface area contributed by atoms with E-state index in [-0.39, 0.29) is 18.3 Å². The summed E-state index contributed by atoms with van der Waals surface area (Å²) < 4.78 is 29.1. The first-order chi connectivity index (χ1) is 11.1. The zero-order chi connectivity index (χ0) is 16.1. The van der Waals surface area contributed by atoms with Gasteiger partial charge in [0.25, 0.3) is 0 Å². The van der Waals surface area contributed by atoms with E-state index in [1.54, 1.807) is 22.2 Å². The summed E-state index contributed by atoms with van der Waals surface area (Å²) in [6.07, 6.45) is 3.54. The van der Waals surface area contributed by atoms with E-state index in [9.17, 15) is 8.42 Å². The van der Waals surface area contributed by atoms with Crippen LogP contribution < -0.4 is 4.72 Å². The summed E-state index contributed by atoms with van der Waals surface area (Å²) in [7, 11) is -3.40. The van der Waals surface area contributed by atoms with E-state index >= 15 is 0 Å².